The molecule has 4 atom stereocenters. The Kier molecular flexibility index (Phi) is 11.5. The minimum absolute atomic E-state index is 0.0130. The second-order valence-electron chi connectivity index (χ2n) is 8.09. The van der Waals surface area contributed by atoms with E-state index in [1.54, 1.807) is 0 Å². The van der Waals surface area contributed by atoms with E-state index >= 15 is 0 Å². The molecule has 1 aliphatic carbocycles. The normalized spacial score (nSPS) is 25.5. The second-order valence-corrected chi connectivity index (χ2v) is 8.09. The fraction of sp³-hybridized carbons (Fsp3) is 0.680. The molecule has 1 unspecified atom stereocenters. The Hall–Kier alpha value is -1.90. The van der Waals surface area contributed by atoms with Gasteiger partial charge in [-0.2, -0.15) is 0 Å². The van der Waals surface area contributed by atoms with Gasteiger partial charge in [0.25, 0.3) is 0 Å². The molecular formula is C25H36O5. The molecule has 0 radical (unpaired) electrons. The third-order valence-electron chi connectivity index (χ3n) is 5.74. The first-order chi connectivity index (χ1) is 14.6. The molecule has 5 heteroatoms. The van der Waals surface area contributed by atoms with Crippen LogP contribution in [-0.2, 0) is 19.1 Å². The monoisotopic (exact) mass is 416 g/mol. The lowest BCUT2D eigenvalue weighted by molar-refractivity contribution is -0.179. The number of carboxylic acids is 1. The van der Waals surface area contributed by atoms with Crippen LogP contribution in [0.1, 0.15) is 77.6 Å². The maximum absolute atomic E-state index is 12.4. The first-order valence-corrected chi connectivity index (χ1v) is 11.3. The van der Waals surface area contributed by atoms with Gasteiger partial charge in [0.05, 0.1) is 6.10 Å². The number of rotatable bonds is 12. The number of hydrogen-bond acceptors (Lipinski definition) is 4. The predicted molar refractivity (Wildman–Crippen MR) is 117 cm³/mol. The van der Waals surface area contributed by atoms with Crippen molar-refractivity contribution in [1.29, 1.82) is 0 Å². The summed E-state index contributed by atoms with van der Waals surface area (Å²) in [5.74, 6) is 5.85. The van der Waals surface area contributed by atoms with Crippen LogP contribution < -0.4 is 0 Å². The van der Waals surface area contributed by atoms with Gasteiger partial charge in [-0.25, -0.2) is 0 Å². The van der Waals surface area contributed by atoms with Crippen molar-refractivity contribution in [3.63, 3.8) is 0 Å². The fourth-order valence-electron chi connectivity index (χ4n) is 4.03. The Labute approximate surface area is 180 Å². The summed E-state index contributed by atoms with van der Waals surface area (Å²) in [5, 5.41) is 8.69. The highest BCUT2D eigenvalue weighted by Gasteiger charge is 2.32. The molecule has 0 amide bonds. The van der Waals surface area contributed by atoms with Gasteiger partial charge in [-0.05, 0) is 64.2 Å². The molecular weight excluding hydrogens is 380 g/mol. The molecule has 166 valence electrons. The molecule has 2 rings (SSSR count). The molecule has 0 aromatic carbocycles. The summed E-state index contributed by atoms with van der Waals surface area (Å²) in [4.78, 5) is 22.9. The highest BCUT2D eigenvalue weighted by molar-refractivity contribution is 5.83. The summed E-state index contributed by atoms with van der Waals surface area (Å²) >= 11 is 0. The topological polar surface area (TPSA) is 72.8 Å². The first kappa shape index (κ1) is 24.4. The van der Waals surface area contributed by atoms with Crippen LogP contribution in [0.2, 0.25) is 0 Å². The van der Waals surface area contributed by atoms with E-state index in [4.69, 9.17) is 14.6 Å². The van der Waals surface area contributed by atoms with Gasteiger partial charge in [0.2, 0.25) is 0 Å². The van der Waals surface area contributed by atoms with Gasteiger partial charge in [0.1, 0.15) is 5.78 Å². The molecule has 0 aromatic heterocycles. The van der Waals surface area contributed by atoms with E-state index in [2.05, 4.69) is 24.0 Å². The van der Waals surface area contributed by atoms with Crippen molar-refractivity contribution in [2.24, 2.45) is 11.8 Å². The van der Waals surface area contributed by atoms with E-state index in [0.29, 0.717) is 18.6 Å². The number of carbonyl (C=O) groups excluding carboxylic acids is 1. The number of allylic oxidation sites excluding steroid dienone is 3. The van der Waals surface area contributed by atoms with Gasteiger partial charge in [-0.3, -0.25) is 9.59 Å². The summed E-state index contributed by atoms with van der Waals surface area (Å²) in [6.45, 7) is 2.60. The molecule has 1 N–H and O–H groups in total. The van der Waals surface area contributed by atoms with Crippen molar-refractivity contribution in [3.05, 3.63) is 24.3 Å². The molecule has 1 aliphatic heterocycles. The summed E-state index contributed by atoms with van der Waals surface area (Å²) in [5.41, 5.74) is 0. The van der Waals surface area contributed by atoms with Gasteiger partial charge in [-0.1, -0.05) is 24.3 Å². The van der Waals surface area contributed by atoms with Crippen LogP contribution in [0.4, 0.5) is 0 Å². The second kappa shape index (κ2) is 14.2. The zero-order chi connectivity index (χ0) is 21.6. The summed E-state index contributed by atoms with van der Waals surface area (Å²) in [7, 11) is 0. The predicted octanol–water partition coefficient (Wildman–Crippen LogP) is 5.05. The molecule has 0 bridgehead atoms. The van der Waals surface area contributed by atoms with E-state index in [1.807, 2.05) is 19.1 Å². The molecule has 1 saturated carbocycles. The zero-order valence-electron chi connectivity index (χ0n) is 18.2. The summed E-state index contributed by atoms with van der Waals surface area (Å²) in [6, 6.07) is 0. The molecule has 0 spiro atoms. The smallest absolute Gasteiger partial charge is 0.303 e. The van der Waals surface area contributed by atoms with E-state index in [1.165, 1.54) is 0 Å². The van der Waals surface area contributed by atoms with E-state index < -0.39 is 5.97 Å². The quantitative estimate of drug-likeness (QED) is 0.274. The van der Waals surface area contributed by atoms with Crippen LogP contribution in [0.15, 0.2) is 24.3 Å². The van der Waals surface area contributed by atoms with Crippen LogP contribution >= 0.6 is 0 Å². The number of aliphatic carboxylic acids is 1. The number of carboxylic acid groups (broad SMARTS) is 1. The Morgan fingerprint density at radius 1 is 1.33 bits per heavy atom. The van der Waals surface area contributed by atoms with E-state index in [0.717, 1.165) is 58.0 Å². The minimum Gasteiger partial charge on any atom is -0.481 e. The highest BCUT2D eigenvalue weighted by Crippen LogP contribution is 2.33. The lowest BCUT2D eigenvalue weighted by atomic mass is 9.91. The molecule has 2 fully saturated rings. The lowest BCUT2D eigenvalue weighted by Crippen LogP contribution is -2.27. The third kappa shape index (κ3) is 9.28. The maximum Gasteiger partial charge on any atom is 0.303 e. The Bertz CT molecular complexity index is 648. The van der Waals surface area contributed by atoms with Gasteiger partial charge >= 0.3 is 5.97 Å². The first-order valence-electron chi connectivity index (χ1n) is 11.3. The van der Waals surface area contributed by atoms with Crippen LogP contribution in [0.3, 0.4) is 0 Å². The standard InChI is InChI=1S/C25H36O5/c1-2-3-6-11-21(30-25-14-9-10-19-29-25)17-15-20-16-18-23(26)22(20)12-7-4-5-8-13-24(27)28/h4,7,15,17,20-22,25H,5-6,8-14,16,18-19H2,1H3,(H,27,28)/t20-,21-,22+,25?/m0/s1. The summed E-state index contributed by atoms with van der Waals surface area (Å²) < 4.78 is 11.9. The molecule has 1 heterocycles. The van der Waals surface area contributed by atoms with Gasteiger partial charge in [0, 0.05) is 31.8 Å². The number of ether oxygens (including phenoxy) is 2. The Morgan fingerprint density at radius 3 is 2.93 bits per heavy atom. The van der Waals surface area contributed by atoms with E-state index in [-0.39, 0.29) is 30.7 Å². The number of hydrogen-bond donors (Lipinski definition) is 1. The van der Waals surface area contributed by atoms with Crippen LogP contribution in [0.5, 0.6) is 0 Å². The van der Waals surface area contributed by atoms with E-state index in [9.17, 15) is 9.59 Å². The molecule has 5 nitrogen and oxygen atoms in total. The lowest BCUT2D eigenvalue weighted by Gasteiger charge is -2.26. The van der Waals surface area contributed by atoms with Crippen molar-refractivity contribution in [1.82, 2.24) is 0 Å². The largest absolute Gasteiger partial charge is 0.481 e. The molecule has 1 saturated heterocycles. The highest BCUT2D eigenvalue weighted by atomic mass is 16.7. The van der Waals surface area contributed by atoms with Gasteiger partial charge in [-0.15, -0.1) is 11.8 Å². The fourth-order valence-corrected chi connectivity index (χ4v) is 4.03. The average molecular weight is 417 g/mol. The number of ketones is 1. The molecule has 30 heavy (non-hydrogen) atoms. The van der Waals surface area contributed by atoms with Gasteiger partial charge in [0.15, 0.2) is 6.29 Å². The molecule has 2 aliphatic rings. The number of unbranched alkanes of at least 4 members (excludes halogenated alkanes) is 1. The SMILES string of the molecule is CC#CCC[C@@H](C=C[C@H]1CCC(=O)[C@@H]1CC=CCCCC(=O)O)OC1CCCCO1. The zero-order valence-corrected chi connectivity index (χ0v) is 18.2. The number of carbonyl (C=O) groups is 2. The van der Waals surface area contributed by atoms with Crippen LogP contribution in [-0.4, -0.2) is 35.9 Å². The third-order valence-corrected chi connectivity index (χ3v) is 5.74. The minimum atomic E-state index is -0.764. The summed E-state index contributed by atoms with van der Waals surface area (Å²) in [6.07, 6.45) is 16.7. The maximum atomic E-state index is 12.4. The number of Topliss-reactive ketones (excluding diaryl/α,β-unsaturated/α-hetero) is 1. The van der Waals surface area contributed by atoms with Crippen LogP contribution in [0.25, 0.3) is 0 Å². The van der Waals surface area contributed by atoms with Gasteiger partial charge < -0.3 is 14.6 Å². The Balaban J connectivity index is 1.88. The Morgan fingerprint density at radius 2 is 2.20 bits per heavy atom. The van der Waals surface area contributed by atoms with Crippen molar-refractivity contribution in [3.8, 4) is 11.8 Å². The average Bonchev–Trinajstić information content (AvgIpc) is 3.09. The van der Waals surface area contributed by atoms with Crippen molar-refractivity contribution in [2.75, 3.05) is 6.61 Å². The van der Waals surface area contributed by atoms with Crippen molar-refractivity contribution < 1.29 is 24.2 Å². The molecule has 0 aromatic rings. The van der Waals surface area contributed by atoms with Crippen molar-refractivity contribution in [2.45, 2.75) is 89.9 Å². The van der Waals surface area contributed by atoms with Crippen LogP contribution in [0, 0.1) is 23.7 Å². The van der Waals surface area contributed by atoms with Crippen molar-refractivity contribution >= 4 is 11.8 Å².